The molecule has 1 aliphatic heterocycles. The molecule has 0 radical (unpaired) electrons. The number of hydrogen-bond donors (Lipinski definition) is 2. The quantitative estimate of drug-likeness (QED) is 0.886. The van der Waals surface area contributed by atoms with Crippen LogP contribution in [0.15, 0.2) is 24.3 Å². The monoisotopic (exact) mass is 289 g/mol. The second-order valence-corrected chi connectivity index (χ2v) is 5.81. The third kappa shape index (κ3) is 3.19. The lowest BCUT2D eigenvalue weighted by atomic mass is 10.0. The maximum atomic E-state index is 12.4. The Labute approximate surface area is 125 Å². The Morgan fingerprint density at radius 2 is 2.00 bits per heavy atom. The zero-order valence-electron chi connectivity index (χ0n) is 12.3. The molecule has 1 aromatic carbocycles. The van der Waals surface area contributed by atoms with Crippen molar-refractivity contribution in [2.75, 3.05) is 36.5 Å². The van der Waals surface area contributed by atoms with E-state index in [1.165, 1.54) is 0 Å². The van der Waals surface area contributed by atoms with Crippen molar-refractivity contribution in [2.24, 2.45) is 11.7 Å². The first kappa shape index (κ1) is 14.4. The predicted molar refractivity (Wildman–Crippen MR) is 83.4 cm³/mol. The third-order valence-corrected chi connectivity index (χ3v) is 4.42. The molecule has 1 amide bonds. The van der Waals surface area contributed by atoms with E-state index in [4.69, 9.17) is 10.5 Å². The lowest BCUT2D eigenvalue weighted by Gasteiger charge is -2.30. The van der Waals surface area contributed by atoms with Gasteiger partial charge in [-0.2, -0.15) is 0 Å². The van der Waals surface area contributed by atoms with Gasteiger partial charge in [-0.3, -0.25) is 4.79 Å². The van der Waals surface area contributed by atoms with Crippen molar-refractivity contribution in [1.82, 2.24) is 0 Å². The summed E-state index contributed by atoms with van der Waals surface area (Å²) < 4.78 is 5.39. The number of ether oxygens (including phenoxy) is 1. The number of nitrogens with one attached hydrogen (secondary N) is 1. The number of carbonyl (C=O) groups is 1. The van der Waals surface area contributed by atoms with Crippen LogP contribution in [0.3, 0.4) is 0 Å². The van der Waals surface area contributed by atoms with Crippen LogP contribution in [0.4, 0.5) is 11.4 Å². The molecule has 2 unspecified atom stereocenters. The molecule has 0 spiro atoms. The molecule has 1 heterocycles. The van der Waals surface area contributed by atoms with Crippen molar-refractivity contribution in [3.05, 3.63) is 24.3 Å². The van der Waals surface area contributed by atoms with Gasteiger partial charge in [0, 0.05) is 19.1 Å². The van der Waals surface area contributed by atoms with Gasteiger partial charge in [-0.05, 0) is 25.0 Å². The average Bonchev–Trinajstić information content (AvgIpc) is 2.95. The molecule has 3 N–H and O–H groups in total. The second kappa shape index (κ2) is 6.45. The smallest absolute Gasteiger partial charge is 0.229 e. The van der Waals surface area contributed by atoms with Gasteiger partial charge >= 0.3 is 0 Å². The summed E-state index contributed by atoms with van der Waals surface area (Å²) in [5.41, 5.74) is 7.97. The molecular formula is C16H23N3O2. The van der Waals surface area contributed by atoms with E-state index in [1.54, 1.807) is 0 Å². The summed E-state index contributed by atoms with van der Waals surface area (Å²) >= 11 is 0. The molecule has 0 aromatic heterocycles. The van der Waals surface area contributed by atoms with E-state index in [2.05, 4.69) is 16.3 Å². The van der Waals surface area contributed by atoms with Crippen LogP contribution in [0.5, 0.6) is 0 Å². The molecule has 3 rings (SSSR count). The lowest BCUT2D eigenvalue weighted by Crippen LogP contribution is -2.38. The van der Waals surface area contributed by atoms with Gasteiger partial charge in [-0.1, -0.05) is 18.6 Å². The SMILES string of the molecule is NC1CCCC1C(=O)Nc1ccccc1N1CCOCC1. The van der Waals surface area contributed by atoms with Crippen molar-refractivity contribution < 1.29 is 9.53 Å². The van der Waals surface area contributed by atoms with E-state index in [9.17, 15) is 4.79 Å². The first-order chi connectivity index (χ1) is 10.3. The fourth-order valence-electron chi connectivity index (χ4n) is 3.20. The molecule has 2 atom stereocenters. The zero-order chi connectivity index (χ0) is 14.7. The minimum Gasteiger partial charge on any atom is -0.378 e. The number of amides is 1. The Morgan fingerprint density at radius 1 is 1.24 bits per heavy atom. The summed E-state index contributed by atoms with van der Waals surface area (Å²) in [7, 11) is 0. The Kier molecular flexibility index (Phi) is 4.41. The number of nitrogens with two attached hydrogens (primary N) is 1. The maximum absolute atomic E-state index is 12.4. The number of rotatable bonds is 3. The van der Waals surface area contributed by atoms with Crippen LogP contribution in [-0.4, -0.2) is 38.3 Å². The summed E-state index contributed by atoms with van der Waals surface area (Å²) in [6.45, 7) is 3.18. The largest absolute Gasteiger partial charge is 0.378 e. The highest BCUT2D eigenvalue weighted by atomic mass is 16.5. The van der Waals surface area contributed by atoms with Crippen LogP contribution in [0.1, 0.15) is 19.3 Å². The van der Waals surface area contributed by atoms with Gasteiger partial charge in [0.25, 0.3) is 0 Å². The summed E-state index contributed by atoms with van der Waals surface area (Å²) in [5, 5.41) is 3.08. The number of nitrogens with zero attached hydrogens (tertiary/aromatic N) is 1. The molecule has 1 saturated heterocycles. The molecule has 1 saturated carbocycles. The summed E-state index contributed by atoms with van der Waals surface area (Å²) in [6.07, 6.45) is 2.89. The van der Waals surface area contributed by atoms with Gasteiger partial charge in [0.05, 0.1) is 30.5 Å². The van der Waals surface area contributed by atoms with E-state index >= 15 is 0 Å². The van der Waals surface area contributed by atoms with Gasteiger partial charge in [-0.25, -0.2) is 0 Å². The molecule has 2 aliphatic rings. The second-order valence-electron chi connectivity index (χ2n) is 5.81. The van der Waals surface area contributed by atoms with Crippen LogP contribution in [-0.2, 0) is 9.53 Å². The highest BCUT2D eigenvalue weighted by Crippen LogP contribution is 2.29. The molecule has 5 nitrogen and oxygen atoms in total. The Morgan fingerprint density at radius 3 is 2.71 bits per heavy atom. The minimum absolute atomic E-state index is 0.000508. The van der Waals surface area contributed by atoms with Crippen molar-refractivity contribution in [3.8, 4) is 0 Å². The first-order valence-electron chi connectivity index (χ1n) is 7.74. The van der Waals surface area contributed by atoms with Crippen LogP contribution in [0.2, 0.25) is 0 Å². The first-order valence-corrected chi connectivity index (χ1v) is 7.74. The van der Waals surface area contributed by atoms with Crippen molar-refractivity contribution in [1.29, 1.82) is 0 Å². The fraction of sp³-hybridized carbons (Fsp3) is 0.562. The van der Waals surface area contributed by atoms with Gasteiger partial charge < -0.3 is 20.7 Å². The average molecular weight is 289 g/mol. The number of para-hydroxylation sites is 2. The number of anilines is 2. The fourth-order valence-corrected chi connectivity index (χ4v) is 3.20. The van der Waals surface area contributed by atoms with E-state index in [0.29, 0.717) is 0 Å². The van der Waals surface area contributed by atoms with Gasteiger partial charge in [0.2, 0.25) is 5.91 Å². The molecule has 0 bridgehead atoms. The topological polar surface area (TPSA) is 67.6 Å². The third-order valence-electron chi connectivity index (χ3n) is 4.42. The summed E-state index contributed by atoms with van der Waals surface area (Å²) in [4.78, 5) is 14.7. The highest BCUT2D eigenvalue weighted by molar-refractivity contribution is 5.96. The molecule has 21 heavy (non-hydrogen) atoms. The van der Waals surface area contributed by atoms with E-state index in [0.717, 1.165) is 56.9 Å². The standard InChI is InChI=1S/C16H23N3O2/c17-13-5-3-4-12(13)16(20)18-14-6-1-2-7-15(14)19-8-10-21-11-9-19/h1-2,6-7,12-13H,3-5,8-11,17H2,(H,18,20). The van der Waals surface area contributed by atoms with Crippen molar-refractivity contribution in [3.63, 3.8) is 0 Å². The molecule has 2 fully saturated rings. The molecule has 1 aliphatic carbocycles. The molecule has 5 heteroatoms. The van der Waals surface area contributed by atoms with Crippen LogP contribution in [0, 0.1) is 5.92 Å². The Hall–Kier alpha value is -1.59. The van der Waals surface area contributed by atoms with E-state index in [-0.39, 0.29) is 17.9 Å². The van der Waals surface area contributed by atoms with Crippen LogP contribution >= 0.6 is 0 Å². The number of hydrogen-bond acceptors (Lipinski definition) is 4. The van der Waals surface area contributed by atoms with Gasteiger partial charge in [0.15, 0.2) is 0 Å². The summed E-state index contributed by atoms with van der Waals surface area (Å²) in [6, 6.07) is 7.97. The van der Waals surface area contributed by atoms with Gasteiger partial charge in [0.1, 0.15) is 0 Å². The molecule has 114 valence electrons. The van der Waals surface area contributed by atoms with Crippen molar-refractivity contribution in [2.45, 2.75) is 25.3 Å². The minimum atomic E-state index is -0.0530. The number of benzene rings is 1. The highest BCUT2D eigenvalue weighted by Gasteiger charge is 2.30. The molecule has 1 aromatic rings. The van der Waals surface area contributed by atoms with Gasteiger partial charge in [-0.15, -0.1) is 0 Å². The zero-order valence-corrected chi connectivity index (χ0v) is 12.3. The summed E-state index contributed by atoms with van der Waals surface area (Å²) in [5.74, 6) is 0.00320. The number of morpholine rings is 1. The maximum Gasteiger partial charge on any atom is 0.229 e. The Bertz CT molecular complexity index is 500. The van der Waals surface area contributed by atoms with E-state index < -0.39 is 0 Å². The van der Waals surface area contributed by atoms with Crippen LogP contribution in [0.25, 0.3) is 0 Å². The van der Waals surface area contributed by atoms with E-state index in [1.807, 2.05) is 18.2 Å². The normalized spacial score (nSPS) is 25.9. The van der Waals surface area contributed by atoms with Crippen molar-refractivity contribution >= 4 is 17.3 Å². The predicted octanol–water partition coefficient (Wildman–Crippen LogP) is 1.59. The van der Waals surface area contributed by atoms with Crippen LogP contribution < -0.4 is 16.0 Å². The number of carbonyl (C=O) groups excluding carboxylic acids is 1. The lowest BCUT2D eigenvalue weighted by molar-refractivity contribution is -0.120. The molecular weight excluding hydrogens is 266 g/mol. The Balaban J connectivity index is 1.74.